The Morgan fingerprint density at radius 1 is 1.16 bits per heavy atom. The number of fused-ring (bicyclic) bond motifs is 6. The minimum Gasteiger partial charge on any atom is -0.458 e. The third-order valence-electron chi connectivity index (χ3n) is 7.79. The van der Waals surface area contributed by atoms with Gasteiger partial charge in [0.2, 0.25) is 0 Å². The van der Waals surface area contributed by atoms with Crippen molar-refractivity contribution >= 4 is 11.8 Å². The predicted molar refractivity (Wildman–Crippen MR) is 94.7 cm³/mol. The minimum absolute atomic E-state index is 0.00953. The van der Waals surface area contributed by atoms with Gasteiger partial charge in [-0.1, -0.05) is 26.0 Å². The summed E-state index contributed by atoms with van der Waals surface area (Å²) in [6.45, 7) is 3.77. The first kappa shape index (κ1) is 10.1. The molecule has 5 rings (SSSR count). The van der Waals surface area contributed by atoms with E-state index in [-0.39, 0.29) is 24.8 Å². The first-order valence-electron chi connectivity index (χ1n) is 12.7. The number of rotatable bonds is 0. The molecule has 0 N–H and O–H groups in total. The maximum Gasteiger partial charge on any atom is 0.306 e. The lowest BCUT2D eigenvalue weighted by atomic mass is 9.48. The van der Waals surface area contributed by atoms with E-state index in [0.717, 1.165) is 0 Å². The van der Waals surface area contributed by atoms with Crippen LogP contribution in [0.25, 0.3) is 0 Å². The van der Waals surface area contributed by atoms with Crippen molar-refractivity contribution in [3.05, 3.63) is 23.8 Å². The topological polar surface area (TPSA) is 43.4 Å². The molecule has 0 aromatic heterocycles. The molecular weight excluding hydrogens is 312 g/mol. The van der Waals surface area contributed by atoms with Crippen molar-refractivity contribution in [3.8, 4) is 0 Å². The number of allylic oxidation sites excluding steroid dienone is 4. The molecule has 3 fully saturated rings. The second-order valence-electron chi connectivity index (χ2n) is 8.72. The highest BCUT2D eigenvalue weighted by molar-refractivity contribution is 5.92. The predicted octanol–water partition coefficient (Wildman–Crippen LogP) is 4.37. The summed E-state index contributed by atoms with van der Waals surface area (Å²) in [5, 5.41) is 0. The van der Waals surface area contributed by atoms with Crippen molar-refractivity contribution in [2.45, 2.75) is 70.7 Å². The van der Waals surface area contributed by atoms with E-state index in [4.69, 9.17) is 13.0 Å². The van der Waals surface area contributed by atoms with Crippen molar-refractivity contribution in [1.82, 2.24) is 0 Å². The zero-order valence-corrected chi connectivity index (χ0v) is 14.7. The van der Waals surface area contributed by atoms with Crippen LogP contribution < -0.4 is 0 Å². The number of esters is 1. The lowest BCUT2D eigenvalue weighted by molar-refractivity contribution is -0.165. The summed E-state index contributed by atoms with van der Waals surface area (Å²) in [6, 6.07) is -0.389. The molecule has 2 saturated carbocycles. The van der Waals surface area contributed by atoms with Crippen LogP contribution in [-0.2, 0) is 14.3 Å². The molecular formula is C22H28O3. The number of hydrogen-bond acceptors (Lipinski definition) is 3. The van der Waals surface area contributed by atoms with Crippen LogP contribution >= 0.6 is 0 Å². The fourth-order valence-corrected chi connectivity index (χ4v) is 6.16. The standard InChI is InChI=1S/C22H28O3/c1-20-9-5-15(23)13-14(20)3-4-16-17(20)6-10-21(2)18(16)7-11-22(21)12-8-19(24)25-22/h3-4,13,16-18H,5-12H2,1-2H3/t16-,17?,18?,20+,21+,22-/m1/s1/i4D,5D2,8D2,13D,16D. The molecule has 1 heterocycles. The van der Waals surface area contributed by atoms with Gasteiger partial charge in [-0.05, 0) is 73.3 Å². The highest BCUT2D eigenvalue weighted by Gasteiger charge is 2.66. The van der Waals surface area contributed by atoms with Gasteiger partial charge in [-0.25, -0.2) is 0 Å². The molecule has 1 saturated heterocycles. The second-order valence-corrected chi connectivity index (χ2v) is 8.72. The highest BCUT2D eigenvalue weighted by atomic mass is 16.6. The zero-order valence-electron chi connectivity index (χ0n) is 21.7. The van der Waals surface area contributed by atoms with Crippen molar-refractivity contribution in [2.75, 3.05) is 0 Å². The molecule has 1 spiro atoms. The molecule has 3 nitrogen and oxygen atoms in total. The van der Waals surface area contributed by atoms with Crippen LogP contribution in [0.3, 0.4) is 0 Å². The first-order valence-corrected chi connectivity index (χ1v) is 9.24. The summed E-state index contributed by atoms with van der Waals surface area (Å²) < 4.78 is 65.2. The Kier molecular flexibility index (Phi) is 1.96. The Balaban J connectivity index is 1.65. The van der Waals surface area contributed by atoms with Gasteiger partial charge in [0.1, 0.15) is 5.60 Å². The number of ketones is 1. The van der Waals surface area contributed by atoms with E-state index in [1.807, 2.05) is 13.8 Å². The lowest BCUT2D eigenvalue weighted by Crippen LogP contribution is -2.53. The van der Waals surface area contributed by atoms with E-state index in [2.05, 4.69) is 0 Å². The van der Waals surface area contributed by atoms with E-state index in [1.165, 1.54) is 6.08 Å². The Labute approximate surface area is 159 Å². The number of carbonyl (C=O) groups excluding carboxylic acids is 2. The van der Waals surface area contributed by atoms with E-state index >= 15 is 0 Å². The fourth-order valence-electron chi connectivity index (χ4n) is 6.16. The first-order chi connectivity index (χ1) is 14.6. The van der Waals surface area contributed by atoms with E-state index in [1.54, 1.807) is 0 Å². The summed E-state index contributed by atoms with van der Waals surface area (Å²) in [6.07, 6.45) is -1.07. The van der Waals surface area contributed by atoms with Gasteiger partial charge in [0.05, 0.1) is 2.74 Å². The van der Waals surface area contributed by atoms with Crippen LogP contribution in [0.2, 0.25) is 0 Å². The van der Waals surface area contributed by atoms with Crippen molar-refractivity contribution in [3.63, 3.8) is 0 Å². The Hall–Kier alpha value is -1.38. The fraction of sp³-hybridized carbons (Fsp3) is 0.727. The van der Waals surface area contributed by atoms with Crippen molar-refractivity contribution < 1.29 is 23.9 Å². The highest BCUT2D eigenvalue weighted by Crippen LogP contribution is 2.68. The molecule has 134 valence electrons. The van der Waals surface area contributed by atoms with Gasteiger partial charge in [-0.2, -0.15) is 0 Å². The normalized spacial score (nSPS) is 62.8. The Bertz CT molecular complexity index is 1020. The lowest BCUT2D eigenvalue weighted by Gasteiger charge is -2.57. The summed E-state index contributed by atoms with van der Waals surface area (Å²) >= 11 is 0. The molecule has 0 aromatic carbocycles. The summed E-state index contributed by atoms with van der Waals surface area (Å²) in [7, 11) is 0. The molecule has 0 radical (unpaired) electrons. The molecule has 25 heavy (non-hydrogen) atoms. The van der Waals surface area contributed by atoms with Gasteiger partial charge in [0.15, 0.2) is 5.78 Å². The number of hydrogen-bond donors (Lipinski definition) is 0. The summed E-state index contributed by atoms with van der Waals surface area (Å²) in [5.41, 5.74) is -2.27. The van der Waals surface area contributed by atoms with Gasteiger partial charge >= 0.3 is 5.97 Å². The second kappa shape index (κ2) is 4.86. The van der Waals surface area contributed by atoms with Crippen LogP contribution in [0, 0.1) is 28.6 Å². The number of ether oxygens (including phenoxy) is 1. The van der Waals surface area contributed by atoms with Gasteiger partial charge < -0.3 is 4.74 Å². The van der Waals surface area contributed by atoms with Crippen LogP contribution in [0.5, 0.6) is 0 Å². The molecule has 5 aliphatic rings. The molecule has 1 aliphatic heterocycles. The van der Waals surface area contributed by atoms with E-state index in [9.17, 15) is 11.0 Å². The van der Waals surface area contributed by atoms with Crippen LogP contribution in [-0.4, -0.2) is 17.4 Å². The Morgan fingerprint density at radius 3 is 2.72 bits per heavy atom. The van der Waals surface area contributed by atoms with Crippen LogP contribution in [0.1, 0.15) is 74.7 Å². The third-order valence-corrected chi connectivity index (χ3v) is 7.79. The van der Waals surface area contributed by atoms with Crippen LogP contribution in [0.4, 0.5) is 0 Å². The zero-order chi connectivity index (χ0) is 23.7. The quantitative estimate of drug-likeness (QED) is 0.611. The van der Waals surface area contributed by atoms with Crippen molar-refractivity contribution in [2.24, 2.45) is 28.6 Å². The molecule has 3 heteroatoms. The van der Waals surface area contributed by atoms with Gasteiger partial charge in [-0.15, -0.1) is 0 Å². The smallest absolute Gasteiger partial charge is 0.306 e. The molecule has 4 aliphatic carbocycles. The maximum absolute atomic E-state index is 12.4. The summed E-state index contributed by atoms with van der Waals surface area (Å²) in [5.74, 6) is -3.97. The van der Waals surface area contributed by atoms with Gasteiger partial charge in [-0.3, -0.25) is 9.59 Å². The largest absolute Gasteiger partial charge is 0.458 e. The average molecular weight is 348 g/mol. The number of carbonyl (C=O) groups is 2. The van der Waals surface area contributed by atoms with E-state index in [0.29, 0.717) is 31.3 Å². The Morgan fingerprint density at radius 2 is 1.96 bits per heavy atom. The monoisotopic (exact) mass is 347 g/mol. The summed E-state index contributed by atoms with van der Waals surface area (Å²) in [4.78, 5) is 24.7. The molecule has 2 unspecified atom stereocenters. The SMILES string of the molecule is [2H]C1=CC2=C([2H])C(=O)C([2H])([2H])C[C@]2(C)C2CC[C@@]3(C)C(CC[C@@]34CC([2H])([2H])C(=O)O4)[C@]12[2H]. The van der Waals surface area contributed by atoms with Crippen molar-refractivity contribution in [1.29, 1.82) is 0 Å². The molecule has 0 amide bonds. The third kappa shape index (κ3) is 1.88. The average Bonchev–Trinajstić information content (AvgIpc) is 3.08. The van der Waals surface area contributed by atoms with Crippen LogP contribution in [0.15, 0.2) is 23.8 Å². The molecule has 6 atom stereocenters. The maximum atomic E-state index is 12.4. The van der Waals surface area contributed by atoms with Gasteiger partial charge in [0, 0.05) is 25.0 Å². The minimum atomic E-state index is -2.20. The molecule has 0 bridgehead atoms. The molecule has 0 aromatic rings. The van der Waals surface area contributed by atoms with E-state index < -0.39 is 58.8 Å². The van der Waals surface area contributed by atoms with Gasteiger partial charge in [0.25, 0.3) is 0 Å².